The Morgan fingerprint density at radius 2 is 0.563 bits per heavy atom. The van der Waals surface area contributed by atoms with Crippen molar-refractivity contribution in [1.29, 1.82) is 0 Å². The molecular weight excluding hydrogens is 1610 g/mol. The number of anilines is 4. The summed E-state index contributed by atoms with van der Waals surface area (Å²) in [6, 6.07) is 51.6. The Labute approximate surface area is 697 Å². The second-order valence-electron chi connectivity index (χ2n) is 27.3. The zero-order valence-corrected chi connectivity index (χ0v) is 67.2. The van der Waals surface area contributed by atoms with Gasteiger partial charge in [0.25, 0.3) is 68.2 Å². The summed E-state index contributed by atoms with van der Waals surface area (Å²) in [5.41, 5.74) is 5.69. The molecule has 4 saturated heterocycles. The summed E-state index contributed by atoms with van der Waals surface area (Å²) in [5.74, 6) is -8.06. The Bertz CT molecular complexity index is 5510. The molecular formula is C85H76N8O22S4. The van der Waals surface area contributed by atoms with Gasteiger partial charge < -0.3 is 49.5 Å². The first kappa shape index (κ1) is 85.4. The van der Waals surface area contributed by atoms with E-state index in [1.54, 1.807) is 92.4 Å². The molecule has 0 aromatic heterocycles. The van der Waals surface area contributed by atoms with E-state index in [4.69, 9.17) is 29.9 Å². The predicted molar refractivity (Wildman–Crippen MR) is 446 cm³/mol. The first-order valence-corrected chi connectivity index (χ1v) is 41.0. The predicted octanol–water partition coefficient (Wildman–Crippen LogP) is 13.0. The monoisotopic (exact) mass is 1690 g/mol. The lowest BCUT2D eigenvalue weighted by atomic mass is 10.1. The zero-order valence-electron chi connectivity index (χ0n) is 63.9. The average Bonchev–Trinajstić information content (AvgIpc) is 1.61. The average molecular weight is 1690 g/mol. The van der Waals surface area contributed by atoms with Crippen molar-refractivity contribution in [3.05, 3.63) is 212 Å². The van der Waals surface area contributed by atoms with Crippen molar-refractivity contribution < 1.29 is 107 Å². The molecule has 0 unspecified atom stereocenters. The largest absolute Gasteiger partial charge is 0.494 e. The molecule has 7 aromatic rings. The van der Waals surface area contributed by atoms with Gasteiger partial charge in [-0.3, -0.25) is 96.3 Å². The number of carboxylic acids is 4. The maximum absolute atomic E-state index is 13.4. The van der Waals surface area contributed by atoms with E-state index in [-0.39, 0.29) is 59.6 Å². The molecule has 0 saturated carbocycles. The summed E-state index contributed by atoms with van der Waals surface area (Å²) in [5, 5.41) is 35.2. The van der Waals surface area contributed by atoms with Gasteiger partial charge in [-0.25, -0.2) is 0 Å². The molecule has 4 N–H and O–H groups in total. The Balaban J connectivity index is 0.000000147. The number of nitrogens with zero attached hydrogens (tertiary/aromatic N) is 8. The number of carbonyl (C=O) groups excluding carboxylic acids is 12. The molecule has 0 spiro atoms. The van der Waals surface area contributed by atoms with E-state index in [9.17, 15) is 76.7 Å². The molecule has 4 fully saturated rings. The van der Waals surface area contributed by atoms with E-state index < -0.39 is 101 Å². The first-order chi connectivity index (χ1) is 57.3. The van der Waals surface area contributed by atoms with Gasteiger partial charge in [0.05, 0.1) is 77.9 Å². The van der Waals surface area contributed by atoms with Crippen molar-refractivity contribution in [2.24, 2.45) is 0 Å². The molecule has 12 amide bonds. The maximum atomic E-state index is 13.4. The highest BCUT2D eigenvalue weighted by Gasteiger charge is 2.49. The lowest BCUT2D eigenvalue weighted by Crippen LogP contribution is -2.34. The number of fused-ring (bicyclic) bond motifs is 5. The van der Waals surface area contributed by atoms with Crippen LogP contribution in [0.15, 0.2) is 189 Å². The third-order valence-electron chi connectivity index (χ3n) is 19.4. The Morgan fingerprint density at radius 3 is 0.891 bits per heavy atom. The van der Waals surface area contributed by atoms with Crippen molar-refractivity contribution >= 4 is 195 Å². The van der Waals surface area contributed by atoms with Crippen LogP contribution in [0, 0.1) is 0 Å². The van der Waals surface area contributed by atoms with Crippen LogP contribution in [0.4, 0.5) is 41.9 Å². The van der Waals surface area contributed by atoms with Gasteiger partial charge in [0.2, 0.25) is 0 Å². The fourth-order valence-corrected chi connectivity index (χ4v) is 17.7. The quantitative estimate of drug-likeness (QED) is 0.0274. The molecule has 0 radical (unpaired) electrons. The number of hydrogen-bond acceptors (Lipinski definition) is 22. The molecule has 0 bridgehead atoms. The van der Waals surface area contributed by atoms with Gasteiger partial charge in [0, 0.05) is 48.4 Å². The third kappa shape index (κ3) is 18.7. The number of carboxylic acid groups (broad SMARTS) is 4. The fourth-order valence-electron chi connectivity index (χ4n) is 14.0. The van der Waals surface area contributed by atoms with Gasteiger partial charge in [0.1, 0.15) is 37.7 Å². The minimum absolute atomic E-state index is 0.00620. The van der Waals surface area contributed by atoms with Crippen molar-refractivity contribution in [3.8, 4) is 11.5 Å². The summed E-state index contributed by atoms with van der Waals surface area (Å²) < 4.78 is 11.6. The Morgan fingerprint density at radius 1 is 0.286 bits per heavy atom. The van der Waals surface area contributed by atoms with Crippen molar-refractivity contribution in [2.45, 2.75) is 71.6 Å². The fraction of sp³-hybridized carbons (Fsp3) is 0.247. The molecule has 7 aromatic carbocycles. The Hall–Kier alpha value is -12.9. The minimum atomic E-state index is -1.30. The SMILES string of the molecule is CCCCCCN1C(=O)/C(=C2\SC(=O)N(CC(=O)O)C2=O)c2ccccc21.CCCCCN1C(=O)/C(=C2\SC(=O)N(CC(=O)O)C2=O)c2ccccc21.O=C(O)CN1C(=O)S/C(=C2\C(=O)N(CCCOc3ccc4ccccc4c3)c3ccccc32)C1=O.O=C(O)CN1C(=O)S/C(=C2\C(=O)N(CCCOc3ccccc3)c3ccccc32)C1=O. The van der Waals surface area contributed by atoms with Crippen LogP contribution < -0.4 is 29.1 Å². The summed E-state index contributed by atoms with van der Waals surface area (Å²) in [6.07, 6.45) is 7.97. The third-order valence-corrected chi connectivity index (χ3v) is 23.4. The van der Waals surface area contributed by atoms with Crippen LogP contribution in [0.1, 0.15) is 93.9 Å². The first-order valence-electron chi connectivity index (χ1n) is 37.8. The molecule has 8 heterocycles. The smallest absolute Gasteiger partial charge is 0.323 e. The molecule has 15 rings (SSSR count). The number of amides is 12. The number of ether oxygens (including phenoxy) is 2. The molecule has 30 nitrogen and oxygen atoms in total. The highest BCUT2D eigenvalue weighted by molar-refractivity contribution is 8.19. The maximum Gasteiger partial charge on any atom is 0.323 e. The van der Waals surface area contributed by atoms with E-state index in [0.717, 1.165) is 72.9 Å². The van der Waals surface area contributed by atoms with Gasteiger partial charge in [-0.15, -0.1) is 0 Å². The van der Waals surface area contributed by atoms with Crippen molar-refractivity contribution in [3.63, 3.8) is 0 Å². The van der Waals surface area contributed by atoms with Crippen LogP contribution in [0.5, 0.6) is 11.5 Å². The normalized spacial score (nSPS) is 18.4. The van der Waals surface area contributed by atoms with E-state index in [1.165, 1.54) is 0 Å². The Kier molecular flexibility index (Phi) is 27.6. The minimum Gasteiger partial charge on any atom is -0.494 e. The number of unbranched alkanes of at least 4 members (excludes halogenated alkanes) is 5. The van der Waals surface area contributed by atoms with Crippen LogP contribution >= 0.6 is 47.0 Å². The van der Waals surface area contributed by atoms with Crippen molar-refractivity contribution in [1.82, 2.24) is 19.6 Å². The second-order valence-corrected chi connectivity index (χ2v) is 31.2. The van der Waals surface area contributed by atoms with Gasteiger partial charge in [0.15, 0.2) is 0 Å². The topological polar surface area (TPSA) is 398 Å². The number of hydrogen-bond donors (Lipinski definition) is 4. The van der Waals surface area contributed by atoms with Gasteiger partial charge in [-0.1, -0.05) is 167 Å². The van der Waals surface area contributed by atoms with E-state index in [1.807, 2.05) is 97.1 Å². The molecule has 0 aliphatic carbocycles. The standard InChI is InChI=1S/C26H20N2O6S.C22H18N2O6S.C19H20N2O5S.C18H18N2O5S/c29-21(30)15-28-25(32)23(35-26(28)33)22-19-8-3-4-9-20(19)27(24(22)31)12-5-13-34-18-11-10-16-6-1-2-7-17(16)14-18;25-17(26)13-24-21(28)19(31-22(24)29)18-15-9-4-5-10-16(15)23(20(18)27)11-6-12-30-14-7-2-1-3-8-14;1-2-3-4-7-10-20-13-9-6-5-8-12(13)15(17(20)24)16-18(25)21(11-14(22)23)19(26)27-16;1-2-3-6-9-19-12-8-5-4-7-11(12)14(16(19)23)15-17(24)20(10-13(21)22)18(25)26-15/h1-4,6-11,14H,5,12-13,15H2,(H,29,30);1-5,7-10H,6,11-13H2,(H,25,26);5-6,8-9H,2-4,7,10-11H2,1H3,(H,22,23);4-5,7-8H,2-3,6,9-10H2,1H3,(H,21,22)/b23-22-;19-18-;16-15-;15-14-. The summed E-state index contributed by atoms with van der Waals surface area (Å²) in [7, 11) is 0. The van der Waals surface area contributed by atoms with Crippen LogP contribution in [0.25, 0.3) is 33.1 Å². The van der Waals surface area contributed by atoms with Crippen LogP contribution in [0.2, 0.25) is 0 Å². The van der Waals surface area contributed by atoms with Crippen molar-refractivity contribution in [2.75, 3.05) is 85.2 Å². The molecule has 0 atom stereocenters. The van der Waals surface area contributed by atoms with Gasteiger partial charge >= 0.3 is 23.9 Å². The zero-order chi connectivity index (χ0) is 84.9. The highest BCUT2D eigenvalue weighted by Crippen LogP contribution is 2.49. The van der Waals surface area contributed by atoms with Crippen LogP contribution in [-0.2, 0) is 57.5 Å². The van der Waals surface area contributed by atoms with Gasteiger partial charge in [-0.05, 0) is 132 Å². The van der Waals surface area contributed by atoms with E-state index in [2.05, 4.69) is 13.8 Å². The second kappa shape index (κ2) is 38.4. The van der Waals surface area contributed by atoms with Crippen LogP contribution in [-0.4, -0.2) is 198 Å². The van der Waals surface area contributed by atoms with Crippen LogP contribution in [0.3, 0.4) is 0 Å². The van der Waals surface area contributed by atoms with Gasteiger partial charge in [-0.2, -0.15) is 0 Å². The number of carbonyl (C=O) groups is 16. The van der Waals surface area contributed by atoms with E-state index >= 15 is 0 Å². The summed E-state index contributed by atoms with van der Waals surface area (Å²) in [4.78, 5) is 205. The number of imide groups is 4. The summed E-state index contributed by atoms with van der Waals surface area (Å²) in [6.45, 7) is 3.86. The highest BCUT2D eigenvalue weighted by atomic mass is 32.2. The number of aliphatic carboxylic acids is 4. The molecule has 612 valence electrons. The number of thioether (sulfide) groups is 4. The number of rotatable bonds is 27. The summed E-state index contributed by atoms with van der Waals surface area (Å²) >= 11 is 2.45. The molecule has 119 heavy (non-hydrogen) atoms. The lowest BCUT2D eigenvalue weighted by Gasteiger charge is -2.17. The molecule has 8 aliphatic rings. The number of benzene rings is 7. The lowest BCUT2D eigenvalue weighted by molar-refractivity contribution is -0.141. The number of para-hydroxylation sites is 5. The van der Waals surface area contributed by atoms with E-state index in [0.29, 0.717) is 158 Å². The molecule has 8 aliphatic heterocycles. The molecule has 34 heteroatoms.